The van der Waals surface area contributed by atoms with Gasteiger partial charge >= 0.3 is 0 Å². The van der Waals surface area contributed by atoms with E-state index < -0.39 is 15.6 Å². The molecule has 1 heterocycles. The van der Waals surface area contributed by atoms with Crippen LogP contribution in [0.15, 0.2) is 71.6 Å². The number of ketones is 1. The summed E-state index contributed by atoms with van der Waals surface area (Å²) < 4.78 is 28.3. The van der Waals surface area contributed by atoms with Crippen LogP contribution in [0.25, 0.3) is 10.8 Å². The van der Waals surface area contributed by atoms with Crippen molar-refractivity contribution < 1.29 is 18.0 Å². The largest absolute Gasteiger partial charge is 0.376 e. The average molecular weight is 599 g/mol. The Labute approximate surface area is 244 Å². The number of halogens is 1. The number of thiocarbonyl (C=S) groups is 1. The monoisotopic (exact) mass is 598 g/mol. The second-order valence-electron chi connectivity index (χ2n) is 10.4. The van der Waals surface area contributed by atoms with Crippen LogP contribution in [-0.2, 0) is 14.8 Å². The van der Waals surface area contributed by atoms with Crippen LogP contribution in [0.3, 0.4) is 0 Å². The van der Waals surface area contributed by atoms with Crippen LogP contribution in [-0.4, -0.2) is 66.1 Å². The average Bonchev–Trinajstić information content (AvgIpc) is 2.96. The summed E-state index contributed by atoms with van der Waals surface area (Å²) in [5.41, 5.74) is 5.49. The SMILES string of the molecule is NC(=S)N[C@]1(C(=O)N2CCN(S(=O)(=O)c3ccc4cc(Cl)ccc4c3)CC2)CC[C@H](C(=O)c2ccccc2)CC1. The van der Waals surface area contributed by atoms with E-state index in [1.54, 1.807) is 41.3 Å². The maximum Gasteiger partial charge on any atom is 0.248 e. The molecule has 3 aromatic carbocycles. The van der Waals surface area contributed by atoms with Gasteiger partial charge in [0.1, 0.15) is 5.54 Å². The van der Waals surface area contributed by atoms with Crippen LogP contribution in [0.1, 0.15) is 36.0 Å². The Kier molecular flexibility index (Phi) is 8.15. The van der Waals surface area contributed by atoms with Gasteiger partial charge in [-0.15, -0.1) is 0 Å². The third-order valence-corrected chi connectivity index (χ3v) is 10.2. The van der Waals surface area contributed by atoms with Crippen molar-refractivity contribution in [1.82, 2.24) is 14.5 Å². The van der Waals surface area contributed by atoms with E-state index in [1.165, 1.54) is 4.31 Å². The van der Waals surface area contributed by atoms with Crippen molar-refractivity contribution in [3.63, 3.8) is 0 Å². The molecule has 0 radical (unpaired) electrons. The van der Waals surface area contributed by atoms with Crippen LogP contribution in [0.2, 0.25) is 5.02 Å². The lowest BCUT2D eigenvalue weighted by atomic mass is 9.73. The van der Waals surface area contributed by atoms with E-state index in [-0.39, 0.29) is 53.8 Å². The molecule has 0 atom stereocenters. The molecule has 2 aliphatic rings. The molecule has 5 rings (SSSR count). The Balaban J connectivity index is 1.26. The summed E-state index contributed by atoms with van der Waals surface area (Å²) in [6, 6.07) is 19.5. The van der Waals surface area contributed by atoms with Crippen LogP contribution >= 0.6 is 23.8 Å². The van der Waals surface area contributed by atoms with Gasteiger partial charge in [0.15, 0.2) is 10.9 Å². The first-order chi connectivity index (χ1) is 19.1. The highest BCUT2D eigenvalue weighted by Gasteiger charge is 2.46. The predicted molar refractivity (Wildman–Crippen MR) is 160 cm³/mol. The topological polar surface area (TPSA) is 113 Å². The molecule has 8 nitrogen and oxygen atoms in total. The zero-order chi connectivity index (χ0) is 28.5. The van der Waals surface area contributed by atoms with Gasteiger partial charge in [0.2, 0.25) is 15.9 Å². The molecule has 3 aromatic rings. The number of Topliss-reactive ketones (excluding diaryl/α,β-unsaturated/α-hetero) is 1. The summed E-state index contributed by atoms with van der Waals surface area (Å²) in [5, 5.41) is 5.30. The number of carbonyl (C=O) groups excluding carboxylic acids is 2. The maximum absolute atomic E-state index is 13.8. The quantitative estimate of drug-likeness (QED) is 0.326. The van der Waals surface area contributed by atoms with E-state index in [4.69, 9.17) is 29.6 Å². The first kappa shape index (κ1) is 28.5. The number of nitrogens with two attached hydrogens (primary N) is 1. The summed E-state index contributed by atoms with van der Waals surface area (Å²) in [7, 11) is -3.75. The van der Waals surface area contributed by atoms with Crippen molar-refractivity contribution in [1.29, 1.82) is 0 Å². The van der Waals surface area contributed by atoms with Crippen molar-refractivity contribution in [2.75, 3.05) is 26.2 Å². The summed E-state index contributed by atoms with van der Waals surface area (Å²) >= 11 is 11.2. The van der Waals surface area contributed by atoms with E-state index in [0.29, 0.717) is 36.3 Å². The minimum absolute atomic E-state index is 0.0278. The van der Waals surface area contributed by atoms with Gasteiger partial charge in [-0.3, -0.25) is 9.59 Å². The highest BCUT2D eigenvalue weighted by Crippen LogP contribution is 2.36. The zero-order valence-corrected chi connectivity index (χ0v) is 24.3. The number of amides is 1. The van der Waals surface area contributed by atoms with Gasteiger partial charge in [0.05, 0.1) is 4.90 Å². The van der Waals surface area contributed by atoms with Crippen molar-refractivity contribution >= 4 is 61.4 Å². The third-order valence-electron chi connectivity index (χ3n) is 7.98. The zero-order valence-electron chi connectivity index (χ0n) is 21.9. The fourth-order valence-corrected chi connectivity index (χ4v) is 7.61. The number of carbonyl (C=O) groups is 2. The number of nitrogens with zero attached hydrogens (tertiary/aromatic N) is 2. The maximum atomic E-state index is 13.8. The molecule has 0 aromatic heterocycles. The summed E-state index contributed by atoms with van der Waals surface area (Å²) in [4.78, 5) is 28.7. The minimum Gasteiger partial charge on any atom is -0.376 e. The molecule has 0 bridgehead atoms. The van der Waals surface area contributed by atoms with Crippen molar-refractivity contribution in [3.05, 3.63) is 77.3 Å². The molecule has 1 aliphatic heterocycles. The van der Waals surface area contributed by atoms with Crippen molar-refractivity contribution in [2.45, 2.75) is 36.1 Å². The molecule has 0 unspecified atom stereocenters. The van der Waals surface area contributed by atoms with Gasteiger partial charge in [-0.05, 0) is 72.9 Å². The standard InChI is InChI=1S/C29H31ClN4O4S2/c30-24-8-6-23-19-25(9-7-22(23)18-24)40(37,38)34-16-14-33(15-17-34)27(36)29(32-28(31)39)12-10-21(11-13-29)26(35)20-4-2-1-3-5-20/h1-9,18-19,21H,10-17H2,(H3,31,32,39)/t21-,29+. The molecular weight excluding hydrogens is 568 g/mol. The molecule has 40 heavy (non-hydrogen) atoms. The number of benzene rings is 3. The Bertz CT molecular complexity index is 1550. The Hall–Kier alpha value is -3.05. The first-order valence-electron chi connectivity index (χ1n) is 13.2. The molecule has 1 saturated heterocycles. The van der Waals surface area contributed by atoms with E-state index >= 15 is 0 Å². The van der Waals surface area contributed by atoms with Gasteiger partial charge in [0, 0.05) is 42.7 Å². The van der Waals surface area contributed by atoms with Crippen LogP contribution in [0.4, 0.5) is 0 Å². The number of rotatable bonds is 6. The van der Waals surface area contributed by atoms with Gasteiger partial charge in [0.25, 0.3) is 0 Å². The van der Waals surface area contributed by atoms with Crippen molar-refractivity contribution in [3.8, 4) is 0 Å². The third kappa shape index (κ3) is 5.72. The van der Waals surface area contributed by atoms with Gasteiger partial charge < -0.3 is 16.0 Å². The van der Waals surface area contributed by atoms with Crippen molar-refractivity contribution in [2.24, 2.45) is 11.7 Å². The normalized spacial score (nSPS) is 22.1. The summed E-state index contributed by atoms with van der Waals surface area (Å²) in [6.45, 7) is 0.832. The van der Waals surface area contributed by atoms with Crippen LogP contribution in [0.5, 0.6) is 0 Å². The number of hydrogen-bond donors (Lipinski definition) is 2. The summed E-state index contributed by atoms with van der Waals surface area (Å²) in [6.07, 6.45) is 1.87. The van der Waals surface area contributed by atoms with E-state index in [9.17, 15) is 18.0 Å². The van der Waals surface area contributed by atoms with Crippen LogP contribution in [0, 0.1) is 5.92 Å². The molecule has 1 saturated carbocycles. The first-order valence-corrected chi connectivity index (χ1v) is 15.5. The lowest BCUT2D eigenvalue weighted by Gasteiger charge is -2.44. The fraction of sp³-hybridized carbons (Fsp3) is 0.345. The Morgan fingerprint density at radius 2 is 1.55 bits per heavy atom. The number of piperazine rings is 1. The van der Waals surface area contributed by atoms with Crippen LogP contribution < -0.4 is 11.1 Å². The molecular formula is C29H31ClN4O4S2. The molecule has 3 N–H and O–H groups in total. The summed E-state index contributed by atoms with van der Waals surface area (Å²) in [5.74, 6) is -0.269. The Morgan fingerprint density at radius 1 is 0.925 bits per heavy atom. The lowest BCUT2D eigenvalue weighted by Crippen LogP contribution is -2.64. The van der Waals surface area contributed by atoms with E-state index in [2.05, 4.69) is 5.32 Å². The lowest BCUT2D eigenvalue weighted by molar-refractivity contribution is -0.140. The second-order valence-corrected chi connectivity index (χ2v) is 13.2. The molecule has 11 heteroatoms. The number of hydrogen-bond acceptors (Lipinski definition) is 5. The predicted octanol–water partition coefficient (Wildman–Crippen LogP) is 3.97. The van der Waals surface area contributed by atoms with E-state index in [1.807, 2.05) is 30.3 Å². The molecule has 1 amide bonds. The highest BCUT2D eigenvalue weighted by molar-refractivity contribution is 7.89. The van der Waals surface area contributed by atoms with Gasteiger partial charge in [-0.1, -0.05) is 54.1 Å². The molecule has 210 valence electrons. The van der Waals surface area contributed by atoms with Gasteiger partial charge in [-0.25, -0.2) is 8.42 Å². The number of nitrogens with one attached hydrogen (secondary N) is 1. The molecule has 1 aliphatic carbocycles. The number of sulfonamides is 1. The number of fused-ring (bicyclic) bond motifs is 1. The second kappa shape index (κ2) is 11.4. The van der Waals surface area contributed by atoms with Gasteiger partial charge in [-0.2, -0.15) is 4.31 Å². The Morgan fingerprint density at radius 3 is 2.20 bits per heavy atom. The molecule has 0 spiro atoms. The molecule has 2 fully saturated rings. The highest BCUT2D eigenvalue weighted by atomic mass is 35.5. The minimum atomic E-state index is -3.75. The smallest absolute Gasteiger partial charge is 0.248 e. The van der Waals surface area contributed by atoms with E-state index in [0.717, 1.165) is 10.8 Å². The fourth-order valence-electron chi connectivity index (χ4n) is 5.78.